The van der Waals surface area contributed by atoms with Crippen LogP contribution in [0.15, 0.2) is 46.6 Å². The summed E-state index contributed by atoms with van der Waals surface area (Å²) in [6.45, 7) is 0. The molecule has 104 valence electrons. The third-order valence-electron chi connectivity index (χ3n) is 5.43. The van der Waals surface area contributed by atoms with Gasteiger partial charge < -0.3 is 0 Å². The minimum absolute atomic E-state index is 1.26. The Bertz CT molecular complexity index is 464. The zero-order chi connectivity index (χ0) is 13.4. The first-order valence-electron chi connectivity index (χ1n) is 8.44. The fourth-order valence-corrected chi connectivity index (χ4v) is 4.30. The van der Waals surface area contributed by atoms with Gasteiger partial charge in [0.05, 0.1) is 0 Å². The van der Waals surface area contributed by atoms with Crippen LogP contribution >= 0.6 is 0 Å². The van der Waals surface area contributed by atoms with Crippen molar-refractivity contribution in [2.45, 2.75) is 64.2 Å². The summed E-state index contributed by atoms with van der Waals surface area (Å²) in [6.07, 6.45) is 23.0. The van der Waals surface area contributed by atoms with E-state index in [-0.39, 0.29) is 0 Å². The zero-order valence-electron chi connectivity index (χ0n) is 12.4. The Kier molecular flexibility index (Phi) is 3.42. The fourth-order valence-electron chi connectivity index (χ4n) is 4.30. The summed E-state index contributed by atoms with van der Waals surface area (Å²) in [4.78, 5) is 0. The lowest BCUT2D eigenvalue weighted by molar-refractivity contribution is 0.660. The summed E-state index contributed by atoms with van der Waals surface area (Å²) in [5.41, 5.74) is 6.71. The van der Waals surface area contributed by atoms with Gasteiger partial charge in [0.15, 0.2) is 0 Å². The van der Waals surface area contributed by atoms with Crippen molar-refractivity contribution in [3.63, 3.8) is 0 Å². The molecule has 0 heteroatoms. The maximum absolute atomic E-state index is 2.41. The molecule has 0 bridgehead atoms. The van der Waals surface area contributed by atoms with E-state index in [2.05, 4.69) is 24.3 Å². The van der Waals surface area contributed by atoms with Crippen molar-refractivity contribution < 1.29 is 0 Å². The Morgan fingerprint density at radius 1 is 0.550 bits per heavy atom. The van der Waals surface area contributed by atoms with E-state index < -0.39 is 0 Å². The van der Waals surface area contributed by atoms with Crippen molar-refractivity contribution >= 4 is 0 Å². The highest BCUT2D eigenvalue weighted by molar-refractivity contribution is 5.53. The SMILES string of the molecule is C1=CC2=C(CCCC2)[C]1CC[C]1C=CC2=C1CCCC2. The Morgan fingerprint density at radius 2 is 1.00 bits per heavy atom. The third kappa shape index (κ3) is 2.24. The standard InChI is InChI=1S/C20H24/c1-3-7-19-15(5-1)9-11-17(19)13-14-18-12-10-16-6-2-4-8-20(16)18/h9-12H,1-8,13-14H2. The first-order chi connectivity index (χ1) is 9.92. The molecule has 4 aliphatic carbocycles. The van der Waals surface area contributed by atoms with Gasteiger partial charge >= 0.3 is 0 Å². The molecular weight excluding hydrogens is 240 g/mol. The lowest BCUT2D eigenvalue weighted by atomic mass is 9.82. The monoisotopic (exact) mass is 264 g/mol. The van der Waals surface area contributed by atoms with Crippen LogP contribution in [0.2, 0.25) is 0 Å². The van der Waals surface area contributed by atoms with Crippen LogP contribution in [0.1, 0.15) is 64.2 Å². The van der Waals surface area contributed by atoms with Crippen molar-refractivity contribution in [1.29, 1.82) is 0 Å². The summed E-state index contributed by atoms with van der Waals surface area (Å²) in [6, 6.07) is 0. The molecule has 20 heavy (non-hydrogen) atoms. The van der Waals surface area contributed by atoms with E-state index in [1.807, 2.05) is 0 Å². The van der Waals surface area contributed by atoms with Crippen LogP contribution in [-0.4, -0.2) is 0 Å². The predicted molar refractivity (Wildman–Crippen MR) is 85.0 cm³/mol. The van der Waals surface area contributed by atoms with Gasteiger partial charge in [-0.25, -0.2) is 0 Å². The molecule has 0 nitrogen and oxygen atoms in total. The summed E-state index contributed by atoms with van der Waals surface area (Å²) < 4.78 is 0. The van der Waals surface area contributed by atoms with E-state index in [1.165, 1.54) is 64.2 Å². The number of allylic oxidation sites excluding steroid dienone is 8. The molecule has 0 aromatic rings. The first-order valence-corrected chi connectivity index (χ1v) is 8.44. The largest absolute Gasteiger partial charge is 0.0728 e. The van der Waals surface area contributed by atoms with Gasteiger partial charge in [-0.2, -0.15) is 0 Å². The maximum atomic E-state index is 2.41. The Morgan fingerprint density at radius 3 is 1.50 bits per heavy atom. The molecule has 0 N–H and O–H groups in total. The predicted octanol–water partition coefficient (Wildman–Crippen LogP) is 5.80. The molecule has 0 saturated carbocycles. The Balaban J connectivity index is 1.40. The number of hydrogen-bond acceptors (Lipinski definition) is 0. The van der Waals surface area contributed by atoms with Gasteiger partial charge in [0, 0.05) is 11.8 Å². The molecule has 4 rings (SSSR count). The molecule has 0 spiro atoms. The zero-order valence-corrected chi connectivity index (χ0v) is 12.4. The quantitative estimate of drug-likeness (QED) is 0.604. The van der Waals surface area contributed by atoms with Crippen LogP contribution in [0.5, 0.6) is 0 Å². The summed E-state index contributed by atoms with van der Waals surface area (Å²) in [7, 11) is 0. The second-order valence-corrected chi connectivity index (χ2v) is 6.64. The normalized spacial score (nSPS) is 26.6. The topological polar surface area (TPSA) is 0 Å². The van der Waals surface area contributed by atoms with Gasteiger partial charge in [0.25, 0.3) is 0 Å². The molecular formula is C20H24. The highest BCUT2D eigenvalue weighted by atomic mass is 14.3. The average Bonchev–Trinajstić information content (AvgIpc) is 3.09. The van der Waals surface area contributed by atoms with E-state index in [4.69, 9.17) is 0 Å². The van der Waals surface area contributed by atoms with Crippen molar-refractivity contribution in [3.8, 4) is 0 Å². The highest BCUT2D eigenvalue weighted by Crippen LogP contribution is 2.44. The van der Waals surface area contributed by atoms with E-state index >= 15 is 0 Å². The molecule has 0 aromatic heterocycles. The molecule has 0 amide bonds. The third-order valence-corrected chi connectivity index (χ3v) is 5.43. The lowest BCUT2D eigenvalue weighted by Crippen LogP contribution is -2.06. The molecule has 4 aliphatic rings. The molecule has 0 atom stereocenters. The molecule has 0 aliphatic heterocycles. The summed E-state index contributed by atoms with van der Waals surface area (Å²) in [5.74, 6) is 3.29. The van der Waals surface area contributed by atoms with E-state index in [0.29, 0.717) is 0 Å². The van der Waals surface area contributed by atoms with E-state index in [9.17, 15) is 0 Å². The van der Waals surface area contributed by atoms with Crippen LogP contribution < -0.4 is 0 Å². The molecule has 2 radical (unpaired) electrons. The van der Waals surface area contributed by atoms with Gasteiger partial charge in [-0.05, 0) is 75.4 Å². The summed E-state index contributed by atoms with van der Waals surface area (Å²) >= 11 is 0. The minimum atomic E-state index is 1.26. The van der Waals surface area contributed by atoms with Crippen molar-refractivity contribution in [3.05, 3.63) is 58.4 Å². The summed E-state index contributed by atoms with van der Waals surface area (Å²) in [5, 5.41) is 0. The van der Waals surface area contributed by atoms with Gasteiger partial charge in [-0.3, -0.25) is 0 Å². The Labute approximate surface area is 123 Å². The van der Waals surface area contributed by atoms with Crippen molar-refractivity contribution in [1.82, 2.24) is 0 Å². The second-order valence-electron chi connectivity index (χ2n) is 6.64. The number of rotatable bonds is 3. The average molecular weight is 264 g/mol. The van der Waals surface area contributed by atoms with Gasteiger partial charge in [0.2, 0.25) is 0 Å². The van der Waals surface area contributed by atoms with Crippen molar-refractivity contribution in [2.24, 2.45) is 0 Å². The molecule has 0 heterocycles. The Hall–Kier alpha value is -1.04. The van der Waals surface area contributed by atoms with Crippen LogP contribution in [0.3, 0.4) is 0 Å². The number of hydrogen-bond donors (Lipinski definition) is 0. The second kappa shape index (κ2) is 5.39. The molecule has 0 saturated heterocycles. The first kappa shape index (κ1) is 12.7. The van der Waals surface area contributed by atoms with Crippen LogP contribution in [0, 0.1) is 11.8 Å². The molecule has 0 fully saturated rings. The van der Waals surface area contributed by atoms with Gasteiger partial charge in [-0.15, -0.1) is 0 Å². The smallest absolute Gasteiger partial charge is 0.0229 e. The van der Waals surface area contributed by atoms with Crippen LogP contribution in [0.4, 0.5) is 0 Å². The van der Waals surface area contributed by atoms with Crippen LogP contribution in [-0.2, 0) is 0 Å². The van der Waals surface area contributed by atoms with Gasteiger partial charge in [-0.1, -0.05) is 35.5 Å². The lowest BCUT2D eigenvalue weighted by Gasteiger charge is -2.22. The van der Waals surface area contributed by atoms with Crippen LogP contribution in [0.25, 0.3) is 0 Å². The van der Waals surface area contributed by atoms with Gasteiger partial charge in [0.1, 0.15) is 0 Å². The molecule has 0 aromatic carbocycles. The minimum Gasteiger partial charge on any atom is -0.0728 e. The van der Waals surface area contributed by atoms with Crippen molar-refractivity contribution in [2.75, 3.05) is 0 Å². The van der Waals surface area contributed by atoms with E-state index in [0.717, 1.165) is 0 Å². The molecule has 0 unspecified atom stereocenters. The maximum Gasteiger partial charge on any atom is 0.0229 e. The highest BCUT2D eigenvalue weighted by Gasteiger charge is 2.27. The fraction of sp³-hybridized carbons (Fsp3) is 0.500. The van der Waals surface area contributed by atoms with E-state index in [1.54, 1.807) is 34.1 Å².